The number of nitro benzene ring substituents is 1. The molecule has 6 heteroatoms. The van der Waals surface area contributed by atoms with Gasteiger partial charge in [0.2, 0.25) is 5.91 Å². The summed E-state index contributed by atoms with van der Waals surface area (Å²) < 4.78 is 0. The molecule has 1 heterocycles. The van der Waals surface area contributed by atoms with E-state index in [0.29, 0.717) is 25.4 Å². The highest BCUT2D eigenvalue weighted by Gasteiger charge is 2.14. The predicted octanol–water partition coefficient (Wildman–Crippen LogP) is 1.79. The third-order valence-corrected chi connectivity index (χ3v) is 3.77. The minimum atomic E-state index is -0.414. The SMILES string of the molecule is O=C(CCC1CCCN1)NCCc1ccc([N+](=O)[O-])cc1. The molecule has 0 radical (unpaired) electrons. The maximum atomic E-state index is 11.7. The van der Waals surface area contributed by atoms with Crippen LogP contribution in [0.2, 0.25) is 0 Å². The molecule has 6 nitrogen and oxygen atoms in total. The van der Waals surface area contributed by atoms with Crippen LogP contribution < -0.4 is 10.6 Å². The molecule has 1 aliphatic heterocycles. The van der Waals surface area contributed by atoms with Gasteiger partial charge in [0, 0.05) is 31.1 Å². The van der Waals surface area contributed by atoms with Crippen LogP contribution in [0.25, 0.3) is 0 Å². The van der Waals surface area contributed by atoms with Gasteiger partial charge in [-0.25, -0.2) is 0 Å². The number of hydrogen-bond acceptors (Lipinski definition) is 4. The van der Waals surface area contributed by atoms with Crippen LogP contribution in [0.3, 0.4) is 0 Å². The second kappa shape index (κ2) is 7.73. The van der Waals surface area contributed by atoms with Gasteiger partial charge in [-0.15, -0.1) is 0 Å². The molecule has 0 spiro atoms. The van der Waals surface area contributed by atoms with E-state index in [2.05, 4.69) is 10.6 Å². The topological polar surface area (TPSA) is 84.3 Å². The first kappa shape index (κ1) is 15.4. The summed E-state index contributed by atoms with van der Waals surface area (Å²) in [5.74, 6) is 0.0746. The van der Waals surface area contributed by atoms with Crippen molar-refractivity contribution in [2.45, 2.75) is 38.1 Å². The van der Waals surface area contributed by atoms with Gasteiger partial charge in [-0.1, -0.05) is 12.1 Å². The minimum Gasteiger partial charge on any atom is -0.356 e. The van der Waals surface area contributed by atoms with Crippen LogP contribution in [0.4, 0.5) is 5.69 Å². The molecule has 1 fully saturated rings. The Morgan fingerprint density at radius 3 is 2.76 bits per heavy atom. The maximum absolute atomic E-state index is 11.7. The van der Waals surface area contributed by atoms with Crippen LogP contribution in [-0.2, 0) is 11.2 Å². The van der Waals surface area contributed by atoms with Gasteiger partial charge in [0.15, 0.2) is 0 Å². The fraction of sp³-hybridized carbons (Fsp3) is 0.533. The number of hydrogen-bond donors (Lipinski definition) is 2. The summed E-state index contributed by atoms with van der Waals surface area (Å²) in [6.45, 7) is 1.63. The molecule has 0 saturated carbocycles. The monoisotopic (exact) mass is 291 g/mol. The van der Waals surface area contributed by atoms with E-state index >= 15 is 0 Å². The summed E-state index contributed by atoms with van der Waals surface area (Å²) in [6, 6.07) is 6.93. The van der Waals surface area contributed by atoms with Crippen LogP contribution >= 0.6 is 0 Å². The van der Waals surface area contributed by atoms with Gasteiger partial charge in [0.1, 0.15) is 0 Å². The van der Waals surface area contributed by atoms with Gasteiger partial charge < -0.3 is 10.6 Å². The smallest absolute Gasteiger partial charge is 0.269 e. The average Bonchev–Trinajstić information content (AvgIpc) is 2.99. The van der Waals surface area contributed by atoms with Crippen molar-refractivity contribution in [2.75, 3.05) is 13.1 Å². The highest BCUT2D eigenvalue weighted by molar-refractivity contribution is 5.75. The largest absolute Gasteiger partial charge is 0.356 e. The summed E-state index contributed by atoms with van der Waals surface area (Å²) in [4.78, 5) is 21.8. The Kier molecular flexibility index (Phi) is 5.68. The van der Waals surface area contributed by atoms with Crippen LogP contribution in [0.5, 0.6) is 0 Å². The van der Waals surface area contributed by atoms with Crippen molar-refractivity contribution in [2.24, 2.45) is 0 Å². The van der Waals surface area contributed by atoms with Gasteiger partial charge in [-0.2, -0.15) is 0 Å². The molecule has 2 N–H and O–H groups in total. The average molecular weight is 291 g/mol. The van der Waals surface area contributed by atoms with Gasteiger partial charge in [0.25, 0.3) is 5.69 Å². The van der Waals surface area contributed by atoms with Crippen molar-refractivity contribution in [3.05, 3.63) is 39.9 Å². The lowest BCUT2D eigenvalue weighted by atomic mass is 10.1. The number of non-ortho nitro benzene ring substituents is 1. The van der Waals surface area contributed by atoms with E-state index in [4.69, 9.17) is 0 Å². The Labute approximate surface area is 124 Å². The molecule has 0 bridgehead atoms. The summed E-state index contributed by atoms with van der Waals surface area (Å²) in [5.41, 5.74) is 1.07. The van der Waals surface area contributed by atoms with Crippen molar-refractivity contribution in [1.82, 2.24) is 10.6 Å². The third-order valence-electron chi connectivity index (χ3n) is 3.77. The molecular weight excluding hydrogens is 270 g/mol. The summed E-state index contributed by atoms with van der Waals surface area (Å²) >= 11 is 0. The summed E-state index contributed by atoms with van der Waals surface area (Å²) in [6.07, 6.45) is 4.50. The van der Waals surface area contributed by atoms with Gasteiger partial charge in [-0.05, 0) is 37.8 Å². The van der Waals surface area contributed by atoms with Crippen LogP contribution in [0.15, 0.2) is 24.3 Å². The second-order valence-corrected chi connectivity index (χ2v) is 5.36. The lowest BCUT2D eigenvalue weighted by molar-refractivity contribution is -0.384. The molecule has 1 amide bonds. The van der Waals surface area contributed by atoms with E-state index in [1.54, 1.807) is 12.1 Å². The van der Waals surface area contributed by atoms with E-state index in [9.17, 15) is 14.9 Å². The fourth-order valence-corrected chi connectivity index (χ4v) is 2.53. The number of rotatable bonds is 7. The van der Waals surface area contributed by atoms with E-state index in [1.165, 1.54) is 18.6 Å². The fourth-order valence-electron chi connectivity index (χ4n) is 2.53. The Morgan fingerprint density at radius 1 is 1.38 bits per heavy atom. The molecule has 1 aliphatic rings. The van der Waals surface area contributed by atoms with Gasteiger partial charge in [-0.3, -0.25) is 14.9 Å². The predicted molar refractivity (Wildman–Crippen MR) is 80.1 cm³/mol. The zero-order chi connectivity index (χ0) is 15.1. The lowest BCUT2D eigenvalue weighted by Gasteiger charge is -2.10. The number of nitrogens with one attached hydrogen (secondary N) is 2. The first-order chi connectivity index (χ1) is 10.1. The number of benzene rings is 1. The molecule has 1 saturated heterocycles. The summed E-state index contributed by atoms with van der Waals surface area (Å²) in [5, 5.41) is 16.8. The number of carbonyl (C=O) groups excluding carboxylic acids is 1. The van der Waals surface area contributed by atoms with Crippen molar-refractivity contribution >= 4 is 11.6 Å². The number of carbonyl (C=O) groups is 1. The highest BCUT2D eigenvalue weighted by atomic mass is 16.6. The molecule has 0 aromatic heterocycles. The molecular formula is C15H21N3O3. The van der Waals surface area contributed by atoms with E-state index in [0.717, 1.165) is 24.9 Å². The van der Waals surface area contributed by atoms with Gasteiger partial charge >= 0.3 is 0 Å². The van der Waals surface area contributed by atoms with E-state index < -0.39 is 4.92 Å². The first-order valence-corrected chi connectivity index (χ1v) is 7.38. The number of nitrogens with zero attached hydrogens (tertiary/aromatic N) is 1. The zero-order valence-electron chi connectivity index (χ0n) is 12.0. The molecule has 21 heavy (non-hydrogen) atoms. The lowest BCUT2D eigenvalue weighted by Crippen LogP contribution is -2.28. The van der Waals surface area contributed by atoms with Crippen molar-refractivity contribution < 1.29 is 9.72 Å². The number of amides is 1. The standard InChI is InChI=1S/C15H21N3O3/c19-15(8-5-13-2-1-10-16-13)17-11-9-12-3-6-14(7-4-12)18(20)21/h3-4,6-7,13,16H,1-2,5,8-11H2,(H,17,19). The molecule has 0 aliphatic carbocycles. The summed E-state index contributed by atoms with van der Waals surface area (Å²) in [7, 11) is 0. The molecule has 2 rings (SSSR count). The Morgan fingerprint density at radius 2 is 2.14 bits per heavy atom. The normalized spacial score (nSPS) is 17.6. The van der Waals surface area contributed by atoms with Gasteiger partial charge in [0.05, 0.1) is 4.92 Å². The zero-order valence-corrected chi connectivity index (χ0v) is 12.0. The Hall–Kier alpha value is -1.95. The van der Waals surface area contributed by atoms with E-state index in [-0.39, 0.29) is 11.6 Å². The quantitative estimate of drug-likeness (QED) is 0.592. The van der Waals surface area contributed by atoms with Crippen molar-refractivity contribution in [3.8, 4) is 0 Å². The Bertz CT molecular complexity index is 481. The van der Waals surface area contributed by atoms with Crippen LogP contribution in [-0.4, -0.2) is 30.0 Å². The molecule has 114 valence electrons. The molecule has 1 aromatic carbocycles. The van der Waals surface area contributed by atoms with Crippen molar-refractivity contribution in [3.63, 3.8) is 0 Å². The first-order valence-electron chi connectivity index (χ1n) is 7.38. The second-order valence-electron chi connectivity index (χ2n) is 5.36. The molecule has 1 aromatic rings. The van der Waals surface area contributed by atoms with Crippen molar-refractivity contribution in [1.29, 1.82) is 0 Å². The highest BCUT2D eigenvalue weighted by Crippen LogP contribution is 2.12. The Balaban J connectivity index is 1.63. The number of nitro groups is 1. The maximum Gasteiger partial charge on any atom is 0.269 e. The van der Waals surface area contributed by atoms with Crippen LogP contribution in [0, 0.1) is 10.1 Å². The minimum absolute atomic E-state index is 0.0746. The van der Waals surface area contributed by atoms with Crippen LogP contribution in [0.1, 0.15) is 31.2 Å². The molecule has 1 atom stereocenters. The molecule has 1 unspecified atom stereocenters. The van der Waals surface area contributed by atoms with E-state index in [1.807, 2.05) is 0 Å². The third kappa shape index (κ3) is 5.15.